The molecule has 0 unspecified atom stereocenters. The van der Waals surface area contributed by atoms with Crippen molar-refractivity contribution >= 4 is 29.9 Å². The molecule has 5 nitrogen and oxygen atoms in total. The maximum absolute atomic E-state index is 12.2. The molecule has 0 radical (unpaired) electrons. The number of hydrazone groups is 1. The molecule has 146 valence electrons. The average molecular weight is 404 g/mol. The highest BCUT2D eigenvalue weighted by molar-refractivity contribution is 7.97. The van der Waals surface area contributed by atoms with Crippen LogP contribution in [0.15, 0.2) is 84.0 Å². The van der Waals surface area contributed by atoms with Crippen molar-refractivity contribution in [3.8, 4) is 0 Å². The lowest BCUT2D eigenvalue weighted by molar-refractivity contribution is 0.0696. The summed E-state index contributed by atoms with van der Waals surface area (Å²) in [5.41, 5.74) is 5.90. The first-order valence-electron chi connectivity index (χ1n) is 9.00. The minimum atomic E-state index is -1.04. The fourth-order valence-corrected chi connectivity index (χ4v) is 3.60. The zero-order valence-corrected chi connectivity index (χ0v) is 16.4. The Balaban J connectivity index is 1.52. The van der Waals surface area contributed by atoms with Crippen LogP contribution in [-0.4, -0.2) is 23.2 Å². The molecule has 3 aromatic rings. The van der Waals surface area contributed by atoms with Crippen LogP contribution in [0.1, 0.15) is 37.4 Å². The number of thioether (sulfide) groups is 1. The van der Waals surface area contributed by atoms with Crippen LogP contribution in [0, 0.1) is 0 Å². The lowest BCUT2D eigenvalue weighted by atomic mass is 10.1. The van der Waals surface area contributed by atoms with Gasteiger partial charge in [-0.1, -0.05) is 60.7 Å². The summed E-state index contributed by atoms with van der Waals surface area (Å²) in [5, 5.41) is 13.0. The molecule has 0 aliphatic heterocycles. The van der Waals surface area contributed by atoms with Gasteiger partial charge in [-0.2, -0.15) is 16.9 Å². The fourth-order valence-electron chi connectivity index (χ4n) is 2.64. The number of amides is 1. The molecule has 29 heavy (non-hydrogen) atoms. The number of hydrogen-bond donors (Lipinski definition) is 2. The van der Waals surface area contributed by atoms with Gasteiger partial charge in [0.2, 0.25) is 0 Å². The molecule has 0 heterocycles. The van der Waals surface area contributed by atoms with Crippen LogP contribution in [0.4, 0.5) is 0 Å². The van der Waals surface area contributed by atoms with Gasteiger partial charge in [0.25, 0.3) is 5.91 Å². The van der Waals surface area contributed by atoms with Crippen LogP contribution in [0.2, 0.25) is 0 Å². The van der Waals surface area contributed by atoms with E-state index in [1.54, 1.807) is 30.3 Å². The van der Waals surface area contributed by atoms with Crippen molar-refractivity contribution < 1.29 is 14.7 Å². The van der Waals surface area contributed by atoms with E-state index in [-0.39, 0.29) is 11.5 Å². The topological polar surface area (TPSA) is 78.8 Å². The molecule has 6 heteroatoms. The molecule has 0 aromatic heterocycles. The Morgan fingerprint density at radius 2 is 1.48 bits per heavy atom. The Hall–Kier alpha value is -3.38. The zero-order chi connectivity index (χ0) is 20.5. The number of carbonyl (C=O) groups excluding carboxylic acids is 1. The van der Waals surface area contributed by atoms with Crippen LogP contribution in [0.3, 0.4) is 0 Å². The quantitative estimate of drug-likeness (QED) is 0.425. The number of carboxylic acids is 1. The molecule has 0 saturated heterocycles. The van der Waals surface area contributed by atoms with E-state index >= 15 is 0 Å². The third kappa shape index (κ3) is 6.05. The number of nitrogens with one attached hydrogen (secondary N) is 1. The van der Waals surface area contributed by atoms with Crippen LogP contribution in [0.5, 0.6) is 0 Å². The van der Waals surface area contributed by atoms with Gasteiger partial charge in [0.15, 0.2) is 0 Å². The Morgan fingerprint density at radius 3 is 2.17 bits per heavy atom. The van der Waals surface area contributed by atoms with E-state index in [9.17, 15) is 9.59 Å². The summed E-state index contributed by atoms with van der Waals surface area (Å²) >= 11 is 1.82. The lowest BCUT2D eigenvalue weighted by Crippen LogP contribution is -2.17. The first kappa shape index (κ1) is 20.4. The van der Waals surface area contributed by atoms with Crippen molar-refractivity contribution in [2.24, 2.45) is 5.10 Å². The van der Waals surface area contributed by atoms with E-state index in [1.165, 1.54) is 17.8 Å². The third-order valence-corrected chi connectivity index (χ3v) is 5.23. The fraction of sp³-hybridized carbons (Fsp3) is 0.0870. The van der Waals surface area contributed by atoms with Gasteiger partial charge in [0, 0.05) is 22.6 Å². The van der Waals surface area contributed by atoms with Gasteiger partial charge in [-0.05, 0) is 29.3 Å². The second kappa shape index (κ2) is 10.2. The molecule has 0 atom stereocenters. The van der Waals surface area contributed by atoms with Gasteiger partial charge in [0.1, 0.15) is 0 Å². The van der Waals surface area contributed by atoms with E-state index < -0.39 is 5.97 Å². The maximum Gasteiger partial charge on any atom is 0.336 e. The van der Waals surface area contributed by atoms with Crippen molar-refractivity contribution in [1.29, 1.82) is 0 Å². The summed E-state index contributed by atoms with van der Waals surface area (Å²) in [5.74, 6) is 0.410. The van der Waals surface area contributed by atoms with Crippen molar-refractivity contribution in [3.63, 3.8) is 0 Å². The Kier molecular flexibility index (Phi) is 7.19. The van der Waals surface area contributed by atoms with Gasteiger partial charge in [-0.3, -0.25) is 4.79 Å². The Morgan fingerprint density at radius 1 is 0.862 bits per heavy atom. The standard InChI is InChI=1S/C23H20N2O3S/c26-22(25-24-14-20-8-4-5-9-21(20)23(27)28)19-12-10-18(11-13-19)16-29-15-17-6-2-1-3-7-17/h1-14H,15-16H2,(H,25,26)(H,27,28)/b24-14-. The molecule has 0 bridgehead atoms. The van der Waals surface area contributed by atoms with Crippen molar-refractivity contribution in [2.45, 2.75) is 11.5 Å². The first-order chi connectivity index (χ1) is 14.1. The molecule has 0 aliphatic carbocycles. The van der Waals surface area contributed by atoms with E-state index in [0.717, 1.165) is 17.1 Å². The Bertz CT molecular complexity index is 1000. The molecular formula is C23H20N2O3S. The van der Waals surface area contributed by atoms with Crippen LogP contribution < -0.4 is 5.43 Å². The smallest absolute Gasteiger partial charge is 0.336 e. The highest BCUT2D eigenvalue weighted by Gasteiger charge is 2.08. The number of hydrogen-bond acceptors (Lipinski definition) is 4. The van der Waals surface area contributed by atoms with Crippen LogP contribution in [-0.2, 0) is 11.5 Å². The van der Waals surface area contributed by atoms with E-state index in [4.69, 9.17) is 5.11 Å². The van der Waals surface area contributed by atoms with Crippen molar-refractivity contribution in [3.05, 3.63) is 107 Å². The second-order valence-corrected chi connectivity index (χ2v) is 7.25. The number of nitrogens with zero attached hydrogens (tertiary/aromatic N) is 1. The van der Waals surface area contributed by atoms with Gasteiger partial charge >= 0.3 is 5.97 Å². The van der Waals surface area contributed by atoms with E-state index in [0.29, 0.717) is 11.1 Å². The maximum atomic E-state index is 12.2. The molecular weight excluding hydrogens is 384 g/mol. The van der Waals surface area contributed by atoms with E-state index in [1.807, 2.05) is 42.1 Å². The normalized spacial score (nSPS) is 10.8. The van der Waals surface area contributed by atoms with Gasteiger partial charge in [0.05, 0.1) is 11.8 Å². The SMILES string of the molecule is O=C(N/N=C\c1ccccc1C(=O)O)c1ccc(CSCc2ccccc2)cc1. The molecule has 0 spiro atoms. The number of benzene rings is 3. The predicted molar refractivity (Wildman–Crippen MR) is 116 cm³/mol. The van der Waals surface area contributed by atoms with Gasteiger partial charge in [-0.25, -0.2) is 10.2 Å². The number of aromatic carboxylic acids is 1. The number of rotatable bonds is 8. The molecule has 0 saturated carbocycles. The third-order valence-electron chi connectivity index (χ3n) is 4.16. The summed E-state index contributed by atoms with van der Waals surface area (Å²) in [7, 11) is 0. The summed E-state index contributed by atoms with van der Waals surface area (Å²) in [6.07, 6.45) is 1.33. The zero-order valence-electron chi connectivity index (χ0n) is 15.6. The highest BCUT2D eigenvalue weighted by Crippen LogP contribution is 2.18. The molecule has 0 aliphatic rings. The largest absolute Gasteiger partial charge is 0.478 e. The summed E-state index contributed by atoms with van der Waals surface area (Å²) < 4.78 is 0. The monoisotopic (exact) mass is 404 g/mol. The molecule has 3 aromatic carbocycles. The summed E-state index contributed by atoms with van der Waals surface area (Å²) in [6, 6.07) is 24.1. The van der Waals surface area contributed by atoms with Crippen molar-refractivity contribution in [1.82, 2.24) is 5.43 Å². The van der Waals surface area contributed by atoms with Crippen LogP contribution in [0.25, 0.3) is 0 Å². The van der Waals surface area contributed by atoms with Gasteiger partial charge < -0.3 is 5.11 Å². The summed E-state index contributed by atoms with van der Waals surface area (Å²) in [4.78, 5) is 23.4. The van der Waals surface area contributed by atoms with Gasteiger partial charge in [-0.15, -0.1) is 0 Å². The minimum absolute atomic E-state index is 0.128. The number of carbonyl (C=O) groups is 2. The molecule has 2 N–H and O–H groups in total. The second-order valence-electron chi connectivity index (χ2n) is 6.27. The minimum Gasteiger partial charge on any atom is -0.478 e. The predicted octanol–water partition coefficient (Wildman–Crippen LogP) is 4.58. The van der Waals surface area contributed by atoms with Crippen molar-refractivity contribution in [2.75, 3.05) is 0 Å². The Labute approximate surface area is 173 Å². The van der Waals surface area contributed by atoms with E-state index in [2.05, 4.69) is 22.7 Å². The molecule has 0 fully saturated rings. The highest BCUT2D eigenvalue weighted by atomic mass is 32.2. The first-order valence-corrected chi connectivity index (χ1v) is 10.2. The summed E-state index contributed by atoms with van der Waals surface area (Å²) in [6.45, 7) is 0. The average Bonchev–Trinajstić information content (AvgIpc) is 2.75. The lowest BCUT2D eigenvalue weighted by Gasteiger charge is -2.04. The van der Waals surface area contributed by atoms with Crippen LogP contribution >= 0.6 is 11.8 Å². The number of carboxylic acid groups (broad SMARTS) is 1. The molecule has 1 amide bonds. The molecule has 3 rings (SSSR count).